The highest BCUT2D eigenvalue weighted by atomic mass is 35.5. The first-order chi connectivity index (χ1) is 9.95. The summed E-state index contributed by atoms with van der Waals surface area (Å²) in [6.07, 6.45) is 3.22. The number of anilines is 1. The molecule has 21 heavy (non-hydrogen) atoms. The maximum absolute atomic E-state index is 12.0. The zero-order valence-corrected chi connectivity index (χ0v) is 13.0. The number of hydrogen-bond donors (Lipinski definition) is 1. The number of aromatic nitrogens is 1. The number of nitrogens with one attached hydrogen (secondary N) is 1. The van der Waals surface area contributed by atoms with Crippen LogP contribution in [0.5, 0.6) is 0 Å². The molecule has 1 N–H and O–H groups in total. The number of carbonyl (C=O) groups is 1. The van der Waals surface area contributed by atoms with E-state index >= 15 is 0 Å². The van der Waals surface area contributed by atoms with Gasteiger partial charge >= 0.3 is 0 Å². The highest BCUT2D eigenvalue weighted by molar-refractivity contribution is 6.30. The third kappa shape index (κ3) is 4.17. The van der Waals surface area contributed by atoms with Crippen LogP contribution in [0.2, 0.25) is 5.02 Å². The van der Waals surface area contributed by atoms with Gasteiger partial charge < -0.3 is 5.32 Å². The minimum Gasteiger partial charge on any atom is -0.321 e. The molecule has 0 spiro atoms. The van der Waals surface area contributed by atoms with E-state index in [1.165, 1.54) is 6.08 Å². The van der Waals surface area contributed by atoms with Gasteiger partial charge in [0.05, 0.1) is 11.4 Å². The first-order valence-corrected chi connectivity index (χ1v) is 7.03. The Bertz CT molecular complexity index is 685. The van der Waals surface area contributed by atoms with Crippen LogP contribution in [0.3, 0.4) is 0 Å². The SMILES string of the molecule is Cc1cc(C)c(NC(=O)C=Cc2cccc(Cl)c2)c(C)n1. The van der Waals surface area contributed by atoms with Crippen LogP contribution in [0.25, 0.3) is 6.08 Å². The monoisotopic (exact) mass is 300 g/mol. The molecule has 108 valence electrons. The lowest BCUT2D eigenvalue weighted by Crippen LogP contribution is -2.11. The third-order valence-corrected chi connectivity index (χ3v) is 3.28. The van der Waals surface area contributed by atoms with E-state index in [0.717, 1.165) is 28.2 Å². The quantitative estimate of drug-likeness (QED) is 0.858. The number of aryl methyl sites for hydroxylation is 3. The summed E-state index contributed by atoms with van der Waals surface area (Å²) in [5.41, 5.74) is 4.41. The van der Waals surface area contributed by atoms with Crippen LogP contribution >= 0.6 is 11.6 Å². The molecule has 0 radical (unpaired) electrons. The second-order valence-corrected chi connectivity index (χ2v) is 5.35. The first-order valence-electron chi connectivity index (χ1n) is 6.65. The number of nitrogens with zero attached hydrogens (tertiary/aromatic N) is 1. The molecule has 3 nitrogen and oxygen atoms in total. The number of halogens is 1. The molecule has 0 saturated carbocycles. The Morgan fingerprint density at radius 1 is 1.24 bits per heavy atom. The molecule has 0 aliphatic heterocycles. The fourth-order valence-electron chi connectivity index (χ4n) is 2.16. The smallest absolute Gasteiger partial charge is 0.248 e. The van der Waals surface area contributed by atoms with E-state index in [0.29, 0.717) is 5.02 Å². The molecule has 0 saturated heterocycles. The number of pyridine rings is 1. The van der Waals surface area contributed by atoms with E-state index < -0.39 is 0 Å². The van der Waals surface area contributed by atoms with Crippen LogP contribution in [0.4, 0.5) is 5.69 Å². The van der Waals surface area contributed by atoms with Gasteiger partial charge in [0, 0.05) is 16.8 Å². The van der Waals surface area contributed by atoms with Gasteiger partial charge in [-0.15, -0.1) is 0 Å². The normalized spacial score (nSPS) is 10.9. The number of hydrogen-bond acceptors (Lipinski definition) is 2. The summed E-state index contributed by atoms with van der Waals surface area (Å²) in [6.45, 7) is 5.78. The number of benzene rings is 1. The molecular formula is C17H17ClN2O. The molecule has 0 bridgehead atoms. The lowest BCUT2D eigenvalue weighted by Gasteiger charge is -2.10. The third-order valence-electron chi connectivity index (χ3n) is 3.05. The van der Waals surface area contributed by atoms with E-state index in [1.807, 2.05) is 39.0 Å². The highest BCUT2D eigenvalue weighted by Gasteiger charge is 2.07. The van der Waals surface area contributed by atoms with Crippen molar-refractivity contribution in [1.29, 1.82) is 0 Å². The second kappa shape index (κ2) is 6.55. The van der Waals surface area contributed by atoms with Crippen molar-refractivity contribution in [3.63, 3.8) is 0 Å². The van der Waals surface area contributed by atoms with Crippen molar-refractivity contribution in [2.75, 3.05) is 5.32 Å². The van der Waals surface area contributed by atoms with Crippen LogP contribution in [-0.4, -0.2) is 10.9 Å². The van der Waals surface area contributed by atoms with Crippen molar-refractivity contribution >= 4 is 29.3 Å². The lowest BCUT2D eigenvalue weighted by atomic mass is 10.1. The topological polar surface area (TPSA) is 42.0 Å². The van der Waals surface area contributed by atoms with E-state index in [2.05, 4.69) is 10.3 Å². The molecule has 0 fully saturated rings. The van der Waals surface area contributed by atoms with Crippen molar-refractivity contribution in [3.05, 3.63) is 63.9 Å². The van der Waals surface area contributed by atoms with Crippen LogP contribution in [0, 0.1) is 20.8 Å². The molecule has 1 heterocycles. The molecule has 1 aromatic heterocycles. The minimum atomic E-state index is -0.188. The zero-order chi connectivity index (χ0) is 15.4. The average molecular weight is 301 g/mol. The fraction of sp³-hybridized carbons (Fsp3) is 0.176. The van der Waals surface area contributed by atoms with Crippen molar-refractivity contribution in [2.45, 2.75) is 20.8 Å². The number of carbonyl (C=O) groups excluding carboxylic acids is 1. The van der Waals surface area contributed by atoms with Crippen LogP contribution in [0.1, 0.15) is 22.5 Å². The van der Waals surface area contributed by atoms with Crippen LogP contribution in [0.15, 0.2) is 36.4 Å². The molecule has 0 unspecified atom stereocenters. The van der Waals surface area contributed by atoms with Gasteiger partial charge in [0.1, 0.15) is 0 Å². The van der Waals surface area contributed by atoms with E-state index in [-0.39, 0.29) is 5.91 Å². The predicted octanol–water partition coefficient (Wildman–Crippen LogP) is 4.31. The molecule has 2 aromatic rings. The van der Waals surface area contributed by atoms with Gasteiger partial charge in [0.25, 0.3) is 0 Å². The van der Waals surface area contributed by atoms with Gasteiger partial charge in [-0.05, 0) is 56.2 Å². The van der Waals surface area contributed by atoms with Crippen molar-refractivity contribution in [2.24, 2.45) is 0 Å². The second-order valence-electron chi connectivity index (χ2n) is 4.92. The van der Waals surface area contributed by atoms with Gasteiger partial charge in [-0.2, -0.15) is 0 Å². The molecule has 2 rings (SSSR count). The Balaban J connectivity index is 2.12. The molecule has 1 aromatic carbocycles. The van der Waals surface area contributed by atoms with E-state index in [9.17, 15) is 4.79 Å². The minimum absolute atomic E-state index is 0.188. The summed E-state index contributed by atoms with van der Waals surface area (Å²) < 4.78 is 0. The Hall–Kier alpha value is -2.13. The molecule has 1 amide bonds. The molecule has 0 atom stereocenters. The number of amides is 1. The maximum atomic E-state index is 12.0. The Morgan fingerprint density at radius 2 is 2.00 bits per heavy atom. The Morgan fingerprint density at radius 3 is 2.67 bits per heavy atom. The van der Waals surface area contributed by atoms with Crippen LogP contribution in [-0.2, 0) is 4.79 Å². The molecule has 0 aliphatic carbocycles. The van der Waals surface area contributed by atoms with Crippen molar-refractivity contribution < 1.29 is 4.79 Å². The fourth-order valence-corrected chi connectivity index (χ4v) is 2.36. The molecule has 0 aliphatic rings. The molecule has 4 heteroatoms. The maximum Gasteiger partial charge on any atom is 0.248 e. The highest BCUT2D eigenvalue weighted by Crippen LogP contribution is 2.19. The van der Waals surface area contributed by atoms with E-state index in [1.54, 1.807) is 18.2 Å². The summed E-state index contributed by atoms with van der Waals surface area (Å²) in [5.74, 6) is -0.188. The van der Waals surface area contributed by atoms with E-state index in [4.69, 9.17) is 11.6 Å². The summed E-state index contributed by atoms with van der Waals surface area (Å²) in [7, 11) is 0. The largest absolute Gasteiger partial charge is 0.321 e. The summed E-state index contributed by atoms with van der Waals surface area (Å²) in [6, 6.07) is 9.28. The van der Waals surface area contributed by atoms with Gasteiger partial charge in [0.15, 0.2) is 0 Å². The van der Waals surface area contributed by atoms with Gasteiger partial charge in [0.2, 0.25) is 5.91 Å². The average Bonchev–Trinajstić information content (AvgIpc) is 2.40. The zero-order valence-electron chi connectivity index (χ0n) is 12.3. The van der Waals surface area contributed by atoms with Gasteiger partial charge in [-0.3, -0.25) is 9.78 Å². The first kappa shape index (κ1) is 15.3. The van der Waals surface area contributed by atoms with Gasteiger partial charge in [-0.1, -0.05) is 23.7 Å². The van der Waals surface area contributed by atoms with Crippen molar-refractivity contribution in [3.8, 4) is 0 Å². The number of rotatable bonds is 3. The standard InChI is InChI=1S/C17H17ClN2O/c1-11-9-12(2)19-13(3)17(11)20-16(21)8-7-14-5-4-6-15(18)10-14/h4-10H,1-3H3,(H,20,21). The van der Waals surface area contributed by atoms with Crippen molar-refractivity contribution in [1.82, 2.24) is 4.98 Å². The predicted molar refractivity (Wildman–Crippen MR) is 87.6 cm³/mol. The Labute approximate surface area is 129 Å². The summed E-state index contributed by atoms with van der Waals surface area (Å²) in [4.78, 5) is 16.4. The summed E-state index contributed by atoms with van der Waals surface area (Å²) >= 11 is 5.90. The molecular weight excluding hydrogens is 284 g/mol. The lowest BCUT2D eigenvalue weighted by molar-refractivity contribution is -0.111. The Kier molecular flexibility index (Phi) is 4.76. The van der Waals surface area contributed by atoms with Gasteiger partial charge in [-0.25, -0.2) is 0 Å². The van der Waals surface area contributed by atoms with Crippen LogP contribution < -0.4 is 5.32 Å². The summed E-state index contributed by atoms with van der Waals surface area (Å²) in [5, 5.41) is 3.51.